The average Bonchev–Trinajstić information content (AvgIpc) is 2.97. The van der Waals surface area contributed by atoms with E-state index in [-0.39, 0.29) is 5.82 Å². The molecule has 2 nitrogen and oxygen atoms in total. The molecule has 0 saturated heterocycles. The van der Waals surface area contributed by atoms with E-state index < -0.39 is 6.10 Å². The summed E-state index contributed by atoms with van der Waals surface area (Å²) < 4.78 is 12.9. The summed E-state index contributed by atoms with van der Waals surface area (Å²) in [5.74, 6) is -0.307. The summed E-state index contributed by atoms with van der Waals surface area (Å²) in [5, 5.41) is 10.5. The predicted octanol–water partition coefficient (Wildman–Crippen LogP) is 3.90. The molecule has 3 heteroatoms. The normalized spacial score (nSPS) is 12.3. The van der Waals surface area contributed by atoms with Crippen molar-refractivity contribution in [2.75, 3.05) is 0 Å². The first-order chi connectivity index (χ1) is 9.75. The van der Waals surface area contributed by atoms with Gasteiger partial charge in [-0.25, -0.2) is 4.39 Å². The topological polar surface area (TPSA) is 36.0 Å². The maximum absolute atomic E-state index is 12.9. The Morgan fingerprint density at radius 1 is 0.900 bits per heavy atom. The molecule has 0 aliphatic rings. The zero-order valence-electron chi connectivity index (χ0n) is 10.8. The van der Waals surface area contributed by atoms with E-state index in [0.29, 0.717) is 5.56 Å². The van der Waals surface area contributed by atoms with Crippen molar-refractivity contribution >= 4 is 0 Å². The Morgan fingerprint density at radius 2 is 1.60 bits per heavy atom. The summed E-state index contributed by atoms with van der Waals surface area (Å²) in [5.41, 5.74) is 3.43. The van der Waals surface area contributed by atoms with Gasteiger partial charge in [0.15, 0.2) is 0 Å². The minimum absolute atomic E-state index is 0.307. The fraction of sp³-hybridized carbons (Fsp3) is 0.0588. The highest BCUT2D eigenvalue weighted by molar-refractivity contribution is 5.67. The van der Waals surface area contributed by atoms with Gasteiger partial charge in [0, 0.05) is 23.5 Å². The molecule has 1 aromatic heterocycles. The summed E-state index contributed by atoms with van der Waals surface area (Å²) in [7, 11) is 0. The van der Waals surface area contributed by atoms with Crippen molar-refractivity contribution in [2.24, 2.45) is 0 Å². The molecule has 2 N–H and O–H groups in total. The second-order valence-electron chi connectivity index (χ2n) is 4.64. The van der Waals surface area contributed by atoms with E-state index in [1.165, 1.54) is 12.1 Å². The summed E-state index contributed by atoms with van der Waals surface area (Å²) in [4.78, 5) is 3.02. The number of aliphatic hydroxyl groups is 1. The number of aromatic amines is 1. The van der Waals surface area contributed by atoms with Crippen molar-refractivity contribution < 1.29 is 9.50 Å². The minimum Gasteiger partial charge on any atom is -0.384 e. The molecule has 0 fully saturated rings. The van der Waals surface area contributed by atoms with E-state index in [2.05, 4.69) is 4.98 Å². The van der Waals surface area contributed by atoms with E-state index in [4.69, 9.17) is 0 Å². The van der Waals surface area contributed by atoms with Crippen LogP contribution in [-0.4, -0.2) is 10.1 Å². The van der Waals surface area contributed by atoms with E-state index in [1.807, 2.05) is 36.5 Å². The van der Waals surface area contributed by atoms with Crippen LogP contribution in [0.3, 0.4) is 0 Å². The van der Waals surface area contributed by atoms with Crippen LogP contribution in [0.4, 0.5) is 4.39 Å². The Bertz CT molecular complexity index is 689. The molecule has 1 heterocycles. The van der Waals surface area contributed by atoms with Crippen molar-refractivity contribution in [1.29, 1.82) is 0 Å². The zero-order chi connectivity index (χ0) is 13.9. The Balaban J connectivity index is 1.99. The van der Waals surface area contributed by atoms with Crippen molar-refractivity contribution in [3.63, 3.8) is 0 Å². The maximum atomic E-state index is 12.9. The predicted molar refractivity (Wildman–Crippen MR) is 76.7 cm³/mol. The van der Waals surface area contributed by atoms with Crippen LogP contribution in [0.25, 0.3) is 11.1 Å². The second kappa shape index (κ2) is 5.31. The van der Waals surface area contributed by atoms with Gasteiger partial charge >= 0.3 is 0 Å². The lowest BCUT2D eigenvalue weighted by Gasteiger charge is -2.12. The standard InChI is InChI=1S/C17H14FNO/c18-14-8-6-13(7-9-14)17(20)16-11-19-10-15(16)12-4-2-1-3-5-12/h1-11,17,19-20H/t17-/m0/s1. The SMILES string of the molecule is O[C@@H](c1ccc(F)cc1)c1c[nH]cc1-c1ccccc1. The molecule has 3 rings (SSSR count). The smallest absolute Gasteiger partial charge is 0.123 e. The minimum atomic E-state index is -0.781. The van der Waals surface area contributed by atoms with Crippen molar-refractivity contribution in [1.82, 2.24) is 4.98 Å². The molecule has 2 aromatic carbocycles. The Labute approximate surface area is 116 Å². The van der Waals surface area contributed by atoms with E-state index in [9.17, 15) is 9.50 Å². The van der Waals surface area contributed by atoms with Gasteiger partial charge in [-0.1, -0.05) is 42.5 Å². The lowest BCUT2D eigenvalue weighted by molar-refractivity contribution is 0.221. The van der Waals surface area contributed by atoms with Gasteiger partial charge in [-0.3, -0.25) is 0 Å². The third-order valence-corrected chi connectivity index (χ3v) is 3.34. The highest BCUT2D eigenvalue weighted by atomic mass is 19.1. The van der Waals surface area contributed by atoms with Gasteiger partial charge < -0.3 is 10.1 Å². The number of nitrogens with one attached hydrogen (secondary N) is 1. The number of hydrogen-bond acceptors (Lipinski definition) is 1. The molecule has 0 aliphatic carbocycles. The number of halogens is 1. The second-order valence-corrected chi connectivity index (χ2v) is 4.64. The average molecular weight is 267 g/mol. The van der Waals surface area contributed by atoms with E-state index in [0.717, 1.165) is 16.7 Å². The maximum Gasteiger partial charge on any atom is 0.123 e. The van der Waals surface area contributed by atoms with Crippen molar-refractivity contribution in [3.05, 3.63) is 83.9 Å². The molecule has 0 radical (unpaired) electrons. The molecular weight excluding hydrogens is 253 g/mol. The fourth-order valence-electron chi connectivity index (χ4n) is 2.29. The van der Waals surface area contributed by atoms with E-state index >= 15 is 0 Å². The number of benzene rings is 2. The lowest BCUT2D eigenvalue weighted by Crippen LogP contribution is -2.00. The molecule has 20 heavy (non-hydrogen) atoms. The van der Waals surface area contributed by atoms with Gasteiger partial charge in [-0.05, 0) is 23.3 Å². The lowest BCUT2D eigenvalue weighted by atomic mass is 9.97. The molecule has 1 atom stereocenters. The number of aliphatic hydroxyl groups excluding tert-OH is 1. The summed E-state index contributed by atoms with van der Waals surface area (Å²) in [6, 6.07) is 15.7. The Morgan fingerprint density at radius 3 is 2.30 bits per heavy atom. The van der Waals surface area contributed by atoms with Gasteiger partial charge in [-0.15, -0.1) is 0 Å². The van der Waals surface area contributed by atoms with Crippen LogP contribution in [0.15, 0.2) is 67.0 Å². The molecule has 3 aromatic rings. The number of rotatable bonds is 3. The third-order valence-electron chi connectivity index (χ3n) is 3.34. The van der Waals surface area contributed by atoms with Crippen molar-refractivity contribution in [3.8, 4) is 11.1 Å². The number of H-pyrrole nitrogens is 1. The number of hydrogen-bond donors (Lipinski definition) is 2. The molecule has 0 unspecified atom stereocenters. The molecule has 0 aliphatic heterocycles. The molecule has 0 amide bonds. The summed E-state index contributed by atoms with van der Waals surface area (Å²) in [6.45, 7) is 0. The first kappa shape index (κ1) is 12.6. The molecule has 100 valence electrons. The van der Waals surface area contributed by atoms with Crippen LogP contribution >= 0.6 is 0 Å². The van der Waals surface area contributed by atoms with Crippen molar-refractivity contribution in [2.45, 2.75) is 6.10 Å². The monoisotopic (exact) mass is 267 g/mol. The molecular formula is C17H14FNO. The van der Waals surface area contributed by atoms with Crippen LogP contribution in [0, 0.1) is 5.82 Å². The Kier molecular flexibility index (Phi) is 3.35. The third kappa shape index (κ3) is 2.36. The van der Waals surface area contributed by atoms with Gasteiger partial charge in [0.05, 0.1) is 0 Å². The Hall–Kier alpha value is -2.39. The summed E-state index contributed by atoms with van der Waals surface area (Å²) in [6.07, 6.45) is 2.85. The molecule has 0 bridgehead atoms. The fourth-order valence-corrected chi connectivity index (χ4v) is 2.29. The highest BCUT2D eigenvalue weighted by Gasteiger charge is 2.16. The van der Waals surface area contributed by atoms with Gasteiger partial charge in [0.2, 0.25) is 0 Å². The van der Waals surface area contributed by atoms with Gasteiger partial charge in [0.25, 0.3) is 0 Å². The van der Waals surface area contributed by atoms with Gasteiger partial charge in [0.1, 0.15) is 11.9 Å². The zero-order valence-corrected chi connectivity index (χ0v) is 10.8. The molecule has 0 spiro atoms. The largest absolute Gasteiger partial charge is 0.384 e. The van der Waals surface area contributed by atoms with Crippen LogP contribution < -0.4 is 0 Å². The first-order valence-electron chi connectivity index (χ1n) is 6.41. The number of aromatic nitrogens is 1. The van der Waals surface area contributed by atoms with Gasteiger partial charge in [-0.2, -0.15) is 0 Å². The van der Waals surface area contributed by atoms with Crippen LogP contribution in [0.1, 0.15) is 17.2 Å². The van der Waals surface area contributed by atoms with E-state index in [1.54, 1.807) is 18.3 Å². The highest BCUT2D eigenvalue weighted by Crippen LogP contribution is 2.31. The van der Waals surface area contributed by atoms with Crippen LogP contribution in [0.5, 0.6) is 0 Å². The molecule has 0 saturated carbocycles. The van der Waals surface area contributed by atoms with Crippen LogP contribution in [0.2, 0.25) is 0 Å². The quantitative estimate of drug-likeness (QED) is 0.741. The first-order valence-corrected chi connectivity index (χ1v) is 6.41. The summed E-state index contributed by atoms with van der Waals surface area (Å²) >= 11 is 0. The van der Waals surface area contributed by atoms with Crippen LogP contribution in [-0.2, 0) is 0 Å².